The van der Waals surface area contributed by atoms with Crippen LogP contribution in [0.2, 0.25) is 0 Å². The van der Waals surface area contributed by atoms with Gasteiger partial charge in [0.2, 0.25) is 0 Å². The smallest absolute Gasteiger partial charge is 0.313 e. The van der Waals surface area contributed by atoms with Gasteiger partial charge in [-0.05, 0) is 36.1 Å². The minimum absolute atomic E-state index is 0.342. The third-order valence-corrected chi connectivity index (χ3v) is 3.69. The van der Waals surface area contributed by atoms with Crippen molar-refractivity contribution in [1.29, 1.82) is 0 Å². The molecule has 0 atom stereocenters. The quantitative estimate of drug-likeness (QED) is 0.852. The molecule has 0 aliphatic carbocycles. The first-order chi connectivity index (χ1) is 10.1. The normalized spacial score (nSPS) is 10.0. The van der Waals surface area contributed by atoms with Crippen LogP contribution in [0.25, 0.3) is 0 Å². The van der Waals surface area contributed by atoms with E-state index in [1.807, 2.05) is 30.5 Å². The van der Waals surface area contributed by atoms with Crippen molar-refractivity contribution in [2.24, 2.45) is 0 Å². The molecule has 1 aromatic carbocycles. The van der Waals surface area contributed by atoms with Crippen LogP contribution in [0.5, 0.6) is 5.75 Å². The lowest BCUT2D eigenvalue weighted by Crippen LogP contribution is -2.34. The number of methoxy groups -OCH3 is 1. The fourth-order valence-electron chi connectivity index (χ4n) is 1.76. The molecule has 6 heteroatoms. The predicted octanol–water partition coefficient (Wildman–Crippen LogP) is 2.32. The van der Waals surface area contributed by atoms with Gasteiger partial charge in [0.1, 0.15) is 5.75 Å². The molecule has 0 radical (unpaired) electrons. The minimum Gasteiger partial charge on any atom is -0.495 e. The summed E-state index contributed by atoms with van der Waals surface area (Å²) in [7, 11) is 1.51. The third kappa shape index (κ3) is 4.06. The molecule has 0 spiro atoms. The van der Waals surface area contributed by atoms with E-state index in [1.54, 1.807) is 12.1 Å². The Hall–Kier alpha value is -2.34. The predicted molar refractivity (Wildman–Crippen MR) is 82.5 cm³/mol. The topological polar surface area (TPSA) is 67.4 Å². The van der Waals surface area contributed by atoms with E-state index in [0.717, 1.165) is 10.4 Å². The van der Waals surface area contributed by atoms with Gasteiger partial charge in [0.25, 0.3) is 0 Å². The molecule has 2 aromatic rings. The maximum absolute atomic E-state index is 11.9. The number of thiophene rings is 1. The largest absolute Gasteiger partial charge is 0.495 e. The van der Waals surface area contributed by atoms with Gasteiger partial charge in [0.15, 0.2) is 0 Å². The maximum Gasteiger partial charge on any atom is 0.313 e. The maximum atomic E-state index is 11.9. The molecule has 2 rings (SSSR count). The van der Waals surface area contributed by atoms with Gasteiger partial charge in [-0.3, -0.25) is 9.59 Å². The second-order valence-corrected chi connectivity index (χ2v) is 5.45. The Kier molecular flexibility index (Phi) is 4.94. The Labute approximate surface area is 126 Å². The van der Waals surface area contributed by atoms with Gasteiger partial charge >= 0.3 is 11.8 Å². The summed E-state index contributed by atoms with van der Waals surface area (Å²) in [5.41, 5.74) is 1.44. The van der Waals surface area contributed by atoms with Crippen LogP contribution in [0.4, 0.5) is 5.69 Å². The Morgan fingerprint density at radius 1 is 1.24 bits per heavy atom. The van der Waals surface area contributed by atoms with Crippen LogP contribution < -0.4 is 15.4 Å². The van der Waals surface area contributed by atoms with Crippen molar-refractivity contribution in [1.82, 2.24) is 5.32 Å². The molecule has 21 heavy (non-hydrogen) atoms. The average molecular weight is 304 g/mol. The van der Waals surface area contributed by atoms with Crippen molar-refractivity contribution in [2.45, 2.75) is 13.5 Å². The average Bonchev–Trinajstić information content (AvgIpc) is 2.98. The fraction of sp³-hybridized carbons (Fsp3) is 0.200. The third-order valence-electron chi connectivity index (χ3n) is 2.81. The van der Waals surface area contributed by atoms with E-state index >= 15 is 0 Å². The van der Waals surface area contributed by atoms with Crippen molar-refractivity contribution in [3.05, 3.63) is 46.2 Å². The number of aryl methyl sites for hydroxylation is 1. The molecule has 0 saturated heterocycles. The molecule has 0 unspecified atom stereocenters. The van der Waals surface area contributed by atoms with E-state index in [1.165, 1.54) is 18.4 Å². The zero-order chi connectivity index (χ0) is 15.2. The first kappa shape index (κ1) is 15.1. The number of carbonyl (C=O) groups is 2. The van der Waals surface area contributed by atoms with E-state index < -0.39 is 11.8 Å². The SMILES string of the molecule is COc1ccc(C)cc1NC(=O)C(=O)NCc1cccs1. The number of nitrogens with one attached hydrogen (secondary N) is 2. The van der Waals surface area contributed by atoms with E-state index in [0.29, 0.717) is 18.0 Å². The first-order valence-corrected chi connectivity index (χ1v) is 7.24. The van der Waals surface area contributed by atoms with E-state index in [9.17, 15) is 9.59 Å². The monoisotopic (exact) mass is 304 g/mol. The van der Waals surface area contributed by atoms with Gasteiger partial charge in [-0.1, -0.05) is 12.1 Å². The summed E-state index contributed by atoms with van der Waals surface area (Å²) in [6.07, 6.45) is 0. The van der Waals surface area contributed by atoms with Crippen LogP contribution in [-0.2, 0) is 16.1 Å². The highest BCUT2D eigenvalue weighted by atomic mass is 32.1. The Bertz CT molecular complexity index is 638. The summed E-state index contributed by atoms with van der Waals surface area (Å²) in [5, 5.41) is 7.05. The van der Waals surface area contributed by atoms with Crippen molar-refractivity contribution in [3.8, 4) is 5.75 Å². The molecule has 2 amide bonds. The highest BCUT2D eigenvalue weighted by Crippen LogP contribution is 2.24. The molecule has 1 aromatic heterocycles. The standard InChI is InChI=1S/C15H16N2O3S/c1-10-5-6-13(20-2)12(8-10)17-15(19)14(18)16-9-11-4-3-7-21-11/h3-8H,9H2,1-2H3,(H,16,18)(H,17,19). The summed E-state index contributed by atoms with van der Waals surface area (Å²) in [6.45, 7) is 2.24. The van der Waals surface area contributed by atoms with Gasteiger partial charge in [0.05, 0.1) is 19.3 Å². The number of rotatable bonds is 4. The summed E-state index contributed by atoms with van der Waals surface area (Å²) in [5.74, 6) is -0.873. The number of hydrogen-bond acceptors (Lipinski definition) is 4. The number of ether oxygens (including phenoxy) is 1. The zero-order valence-corrected chi connectivity index (χ0v) is 12.6. The number of hydrogen-bond donors (Lipinski definition) is 2. The van der Waals surface area contributed by atoms with Crippen LogP contribution in [0.1, 0.15) is 10.4 Å². The van der Waals surface area contributed by atoms with Crippen LogP contribution in [0.3, 0.4) is 0 Å². The highest BCUT2D eigenvalue weighted by molar-refractivity contribution is 7.09. The summed E-state index contributed by atoms with van der Waals surface area (Å²) in [6, 6.07) is 9.15. The van der Waals surface area contributed by atoms with Gasteiger partial charge in [-0.15, -0.1) is 11.3 Å². The van der Waals surface area contributed by atoms with Crippen molar-refractivity contribution >= 4 is 28.8 Å². The van der Waals surface area contributed by atoms with Gasteiger partial charge in [0, 0.05) is 4.88 Å². The molecule has 0 saturated carbocycles. The first-order valence-electron chi connectivity index (χ1n) is 6.36. The van der Waals surface area contributed by atoms with Gasteiger partial charge < -0.3 is 15.4 Å². The summed E-state index contributed by atoms with van der Waals surface area (Å²) < 4.78 is 5.16. The molecular weight excluding hydrogens is 288 g/mol. The number of benzene rings is 1. The van der Waals surface area contributed by atoms with Crippen molar-refractivity contribution in [3.63, 3.8) is 0 Å². The lowest BCUT2D eigenvalue weighted by molar-refractivity contribution is -0.136. The molecule has 0 fully saturated rings. The molecule has 0 aliphatic rings. The van der Waals surface area contributed by atoms with Crippen LogP contribution in [0.15, 0.2) is 35.7 Å². The zero-order valence-electron chi connectivity index (χ0n) is 11.8. The second-order valence-electron chi connectivity index (χ2n) is 4.42. The van der Waals surface area contributed by atoms with Crippen LogP contribution in [-0.4, -0.2) is 18.9 Å². The summed E-state index contributed by atoms with van der Waals surface area (Å²) >= 11 is 1.52. The molecule has 5 nitrogen and oxygen atoms in total. The molecule has 1 heterocycles. The Morgan fingerprint density at radius 2 is 2.05 bits per heavy atom. The fourth-order valence-corrected chi connectivity index (χ4v) is 2.40. The lowest BCUT2D eigenvalue weighted by Gasteiger charge is -2.10. The van der Waals surface area contributed by atoms with E-state index in [-0.39, 0.29) is 0 Å². The lowest BCUT2D eigenvalue weighted by atomic mass is 10.2. The van der Waals surface area contributed by atoms with Crippen LogP contribution >= 0.6 is 11.3 Å². The Balaban J connectivity index is 1.97. The molecule has 2 N–H and O–H groups in total. The Morgan fingerprint density at radius 3 is 2.71 bits per heavy atom. The van der Waals surface area contributed by atoms with Crippen molar-refractivity contribution < 1.29 is 14.3 Å². The van der Waals surface area contributed by atoms with Gasteiger partial charge in [-0.25, -0.2) is 0 Å². The highest BCUT2D eigenvalue weighted by Gasteiger charge is 2.15. The molecule has 0 aliphatic heterocycles. The minimum atomic E-state index is -0.713. The van der Waals surface area contributed by atoms with E-state index in [4.69, 9.17) is 4.74 Å². The second kappa shape index (κ2) is 6.90. The molecule has 110 valence electrons. The van der Waals surface area contributed by atoms with Gasteiger partial charge in [-0.2, -0.15) is 0 Å². The number of amides is 2. The van der Waals surface area contributed by atoms with E-state index in [2.05, 4.69) is 10.6 Å². The number of carbonyl (C=O) groups excluding carboxylic acids is 2. The molecule has 0 bridgehead atoms. The van der Waals surface area contributed by atoms with Crippen LogP contribution in [0, 0.1) is 6.92 Å². The van der Waals surface area contributed by atoms with Crippen molar-refractivity contribution in [2.75, 3.05) is 12.4 Å². The summed E-state index contributed by atoms with van der Waals surface area (Å²) in [4.78, 5) is 24.6. The molecular formula is C15H16N2O3S. The number of anilines is 1.